The summed E-state index contributed by atoms with van der Waals surface area (Å²) in [5, 5.41) is 3.46. The molecular weight excluding hydrogens is 270 g/mol. The molecule has 20 heavy (non-hydrogen) atoms. The van der Waals surface area contributed by atoms with Crippen LogP contribution in [0, 0.1) is 27.7 Å². The van der Waals surface area contributed by atoms with Gasteiger partial charge in [-0.1, -0.05) is 0 Å². The Labute approximate surface area is 127 Å². The molecule has 0 bridgehead atoms. The summed E-state index contributed by atoms with van der Waals surface area (Å²) in [6.45, 7) is 9.98. The van der Waals surface area contributed by atoms with Crippen molar-refractivity contribution in [2.75, 3.05) is 0 Å². The van der Waals surface area contributed by atoms with Crippen LogP contribution in [-0.2, 0) is 13.1 Å². The van der Waals surface area contributed by atoms with Gasteiger partial charge in [0.2, 0.25) is 0 Å². The van der Waals surface area contributed by atoms with Gasteiger partial charge in [0.15, 0.2) is 0 Å². The first kappa shape index (κ1) is 16.6. The maximum absolute atomic E-state index is 4.34. The summed E-state index contributed by atoms with van der Waals surface area (Å²) in [6, 6.07) is 4.24. The largest absolute Gasteiger partial charge is 0.308 e. The standard InChI is InChI=1S/C16H21N3.ClH/c1-11-5-13(3)18-9-15(11)7-17-8-16-10-19-14(4)6-12(16)2;/h5-6,9-10,17H,7-8H2,1-4H3;1H. The van der Waals surface area contributed by atoms with E-state index in [9.17, 15) is 0 Å². The summed E-state index contributed by atoms with van der Waals surface area (Å²) >= 11 is 0. The zero-order chi connectivity index (χ0) is 13.8. The molecule has 0 aromatic carbocycles. The van der Waals surface area contributed by atoms with Gasteiger partial charge in [0.1, 0.15) is 0 Å². The fourth-order valence-corrected chi connectivity index (χ4v) is 2.15. The Hall–Kier alpha value is -1.45. The third kappa shape index (κ3) is 4.29. The Balaban J connectivity index is 0.00000200. The first-order valence-corrected chi connectivity index (χ1v) is 6.61. The van der Waals surface area contributed by atoms with Crippen LogP contribution in [0.2, 0.25) is 0 Å². The number of aryl methyl sites for hydroxylation is 4. The monoisotopic (exact) mass is 291 g/mol. The van der Waals surface area contributed by atoms with E-state index in [1.165, 1.54) is 22.3 Å². The molecule has 0 unspecified atom stereocenters. The second-order valence-corrected chi connectivity index (χ2v) is 5.11. The van der Waals surface area contributed by atoms with Gasteiger partial charge in [-0.3, -0.25) is 9.97 Å². The molecule has 0 fully saturated rings. The molecule has 0 aliphatic carbocycles. The molecule has 4 heteroatoms. The molecule has 0 saturated heterocycles. The summed E-state index contributed by atoms with van der Waals surface area (Å²) in [4.78, 5) is 8.68. The molecule has 0 radical (unpaired) electrons. The van der Waals surface area contributed by atoms with Gasteiger partial charge in [0.25, 0.3) is 0 Å². The lowest BCUT2D eigenvalue weighted by Crippen LogP contribution is -2.15. The van der Waals surface area contributed by atoms with Crippen LogP contribution in [0.1, 0.15) is 33.6 Å². The zero-order valence-corrected chi connectivity index (χ0v) is 13.3. The van der Waals surface area contributed by atoms with Gasteiger partial charge in [0.05, 0.1) is 0 Å². The second-order valence-electron chi connectivity index (χ2n) is 5.11. The van der Waals surface area contributed by atoms with Crippen molar-refractivity contribution >= 4 is 12.4 Å². The highest BCUT2D eigenvalue weighted by Crippen LogP contribution is 2.10. The first-order valence-electron chi connectivity index (χ1n) is 6.61. The topological polar surface area (TPSA) is 37.8 Å². The van der Waals surface area contributed by atoms with Crippen molar-refractivity contribution in [3.63, 3.8) is 0 Å². The van der Waals surface area contributed by atoms with E-state index in [-0.39, 0.29) is 12.4 Å². The van der Waals surface area contributed by atoms with Crippen LogP contribution in [0.3, 0.4) is 0 Å². The molecule has 2 rings (SSSR count). The van der Waals surface area contributed by atoms with E-state index in [1.807, 2.05) is 26.2 Å². The number of hydrogen-bond donors (Lipinski definition) is 1. The number of halogens is 1. The minimum Gasteiger partial charge on any atom is -0.308 e. The van der Waals surface area contributed by atoms with Gasteiger partial charge >= 0.3 is 0 Å². The van der Waals surface area contributed by atoms with E-state index in [1.54, 1.807) is 0 Å². The molecule has 1 N–H and O–H groups in total. The minimum atomic E-state index is 0. The SMILES string of the molecule is Cc1cc(C)c(CNCc2cnc(C)cc2C)cn1.Cl. The Morgan fingerprint density at radius 2 is 1.20 bits per heavy atom. The van der Waals surface area contributed by atoms with Crippen LogP contribution >= 0.6 is 12.4 Å². The van der Waals surface area contributed by atoms with Gasteiger partial charge < -0.3 is 5.32 Å². The third-order valence-corrected chi connectivity index (χ3v) is 3.34. The van der Waals surface area contributed by atoms with Gasteiger partial charge in [-0.15, -0.1) is 12.4 Å². The summed E-state index contributed by atoms with van der Waals surface area (Å²) in [5.74, 6) is 0. The van der Waals surface area contributed by atoms with E-state index < -0.39 is 0 Å². The quantitative estimate of drug-likeness (QED) is 0.938. The normalized spacial score (nSPS) is 10.2. The summed E-state index contributed by atoms with van der Waals surface area (Å²) in [5.41, 5.74) is 7.23. The minimum absolute atomic E-state index is 0. The van der Waals surface area contributed by atoms with Crippen molar-refractivity contribution in [2.45, 2.75) is 40.8 Å². The highest BCUT2D eigenvalue weighted by atomic mass is 35.5. The Morgan fingerprint density at radius 1 is 0.800 bits per heavy atom. The van der Waals surface area contributed by atoms with Crippen LogP contribution < -0.4 is 5.32 Å². The Bertz CT molecular complexity index is 530. The van der Waals surface area contributed by atoms with E-state index in [2.05, 4.69) is 41.3 Å². The van der Waals surface area contributed by atoms with E-state index >= 15 is 0 Å². The molecule has 2 heterocycles. The maximum Gasteiger partial charge on any atom is 0.0375 e. The zero-order valence-electron chi connectivity index (χ0n) is 12.5. The molecule has 0 saturated carbocycles. The molecule has 0 aliphatic heterocycles. The lowest BCUT2D eigenvalue weighted by atomic mass is 10.1. The number of aromatic nitrogens is 2. The molecule has 0 spiro atoms. The molecule has 0 atom stereocenters. The lowest BCUT2D eigenvalue weighted by molar-refractivity contribution is 0.683. The predicted molar refractivity (Wildman–Crippen MR) is 85.2 cm³/mol. The van der Waals surface area contributed by atoms with E-state index in [0.29, 0.717) is 0 Å². The molecule has 108 valence electrons. The number of nitrogens with one attached hydrogen (secondary N) is 1. The van der Waals surface area contributed by atoms with Gasteiger partial charge in [-0.05, 0) is 62.1 Å². The highest BCUT2D eigenvalue weighted by molar-refractivity contribution is 5.85. The average molecular weight is 292 g/mol. The van der Waals surface area contributed by atoms with Crippen LogP contribution in [0.15, 0.2) is 24.5 Å². The molecule has 3 nitrogen and oxygen atoms in total. The Kier molecular flexibility index (Phi) is 6.11. The van der Waals surface area contributed by atoms with Crippen LogP contribution in [0.25, 0.3) is 0 Å². The van der Waals surface area contributed by atoms with Crippen molar-refractivity contribution in [1.29, 1.82) is 0 Å². The fourth-order valence-electron chi connectivity index (χ4n) is 2.15. The number of rotatable bonds is 4. The number of hydrogen-bond acceptors (Lipinski definition) is 3. The van der Waals surface area contributed by atoms with E-state index in [4.69, 9.17) is 0 Å². The molecule has 0 aliphatic rings. The lowest BCUT2D eigenvalue weighted by Gasteiger charge is -2.10. The van der Waals surface area contributed by atoms with Crippen molar-refractivity contribution in [3.05, 3.63) is 58.2 Å². The van der Waals surface area contributed by atoms with Crippen molar-refractivity contribution in [1.82, 2.24) is 15.3 Å². The molecule has 2 aromatic rings. The van der Waals surface area contributed by atoms with E-state index in [0.717, 1.165) is 24.5 Å². The number of pyridine rings is 2. The van der Waals surface area contributed by atoms with Gasteiger partial charge in [-0.25, -0.2) is 0 Å². The van der Waals surface area contributed by atoms with Crippen molar-refractivity contribution in [3.8, 4) is 0 Å². The summed E-state index contributed by atoms with van der Waals surface area (Å²) in [7, 11) is 0. The smallest absolute Gasteiger partial charge is 0.0375 e. The predicted octanol–water partition coefficient (Wildman–Crippen LogP) is 3.42. The van der Waals surface area contributed by atoms with Crippen LogP contribution in [0.4, 0.5) is 0 Å². The molecule has 2 aromatic heterocycles. The molecular formula is C16H22ClN3. The van der Waals surface area contributed by atoms with Crippen molar-refractivity contribution in [2.24, 2.45) is 0 Å². The maximum atomic E-state index is 4.34. The van der Waals surface area contributed by atoms with Gasteiger partial charge in [-0.2, -0.15) is 0 Å². The summed E-state index contributed by atoms with van der Waals surface area (Å²) in [6.07, 6.45) is 3.91. The molecule has 0 amide bonds. The van der Waals surface area contributed by atoms with Crippen LogP contribution in [0.5, 0.6) is 0 Å². The van der Waals surface area contributed by atoms with Crippen molar-refractivity contribution < 1.29 is 0 Å². The number of nitrogens with zero attached hydrogens (tertiary/aromatic N) is 2. The fraction of sp³-hybridized carbons (Fsp3) is 0.375. The highest BCUT2D eigenvalue weighted by Gasteiger charge is 2.02. The Morgan fingerprint density at radius 3 is 1.55 bits per heavy atom. The first-order chi connectivity index (χ1) is 9.06. The average Bonchev–Trinajstić information content (AvgIpc) is 2.34. The summed E-state index contributed by atoms with van der Waals surface area (Å²) < 4.78 is 0. The second kappa shape index (κ2) is 7.36. The van der Waals surface area contributed by atoms with Gasteiger partial charge in [0, 0.05) is 36.9 Å². The van der Waals surface area contributed by atoms with Crippen LogP contribution in [-0.4, -0.2) is 9.97 Å². The third-order valence-electron chi connectivity index (χ3n) is 3.34.